The van der Waals surface area contributed by atoms with E-state index in [0.29, 0.717) is 0 Å². The van der Waals surface area contributed by atoms with Gasteiger partial charge < -0.3 is 11.1 Å². The fraction of sp³-hybridized carbons (Fsp3) is 0.182. The summed E-state index contributed by atoms with van der Waals surface area (Å²) in [6, 6.07) is 7.85. The van der Waals surface area contributed by atoms with Crippen molar-refractivity contribution < 1.29 is 0 Å². The molecule has 2 rings (SSSR count). The molecule has 15 heavy (non-hydrogen) atoms. The number of nitrogens with one attached hydrogen (secondary N) is 1. The smallest absolute Gasteiger partial charge is 0.183 e. The summed E-state index contributed by atoms with van der Waals surface area (Å²) in [5.41, 5.74) is 8.71. The highest BCUT2D eigenvalue weighted by Crippen LogP contribution is 2.16. The second kappa shape index (κ2) is 4.31. The van der Waals surface area contributed by atoms with E-state index in [-0.39, 0.29) is 0 Å². The van der Waals surface area contributed by atoms with Crippen LogP contribution in [0.25, 0.3) is 0 Å². The molecule has 0 spiro atoms. The summed E-state index contributed by atoms with van der Waals surface area (Å²) in [4.78, 5) is 4.32. The minimum absolute atomic E-state index is 0.762. The number of rotatable bonds is 3. The zero-order valence-electron chi connectivity index (χ0n) is 8.53. The van der Waals surface area contributed by atoms with Gasteiger partial charge in [-0.3, -0.25) is 0 Å². The number of aromatic nitrogens is 1. The zero-order chi connectivity index (χ0) is 10.7. The number of anilines is 2. The second-order valence-electron chi connectivity index (χ2n) is 3.39. The van der Waals surface area contributed by atoms with Crippen LogP contribution in [0.15, 0.2) is 29.6 Å². The standard InChI is InChI=1S/C11H13N3S/c1-8-7-15-11(14-8)13-6-9-3-2-4-10(12)5-9/h2-5,7H,6,12H2,1H3,(H,13,14). The number of hydrogen-bond acceptors (Lipinski definition) is 4. The molecule has 1 aromatic heterocycles. The van der Waals surface area contributed by atoms with Crippen LogP contribution in [0.1, 0.15) is 11.3 Å². The maximum atomic E-state index is 5.69. The lowest BCUT2D eigenvalue weighted by Crippen LogP contribution is -1.99. The summed E-state index contributed by atoms with van der Waals surface area (Å²) in [6.07, 6.45) is 0. The Hall–Kier alpha value is -1.55. The van der Waals surface area contributed by atoms with E-state index in [9.17, 15) is 0 Å². The Kier molecular flexibility index (Phi) is 2.87. The average Bonchev–Trinajstić information content (AvgIpc) is 2.62. The van der Waals surface area contributed by atoms with Crippen LogP contribution in [0.5, 0.6) is 0 Å². The van der Waals surface area contributed by atoms with Crippen molar-refractivity contribution in [2.24, 2.45) is 0 Å². The normalized spacial score (nSPS) is 10.2. The third-order valence-electron chi connectivity index (χ3n) is 2.01. The van der Waals surface area contributed by atoms with Gasteiger partial charge in [0.1, 0.15) is 0 Å². The molecule has 2 aromatic rings. The fourth-order valence-electron chi connectivity index (χ4n) is 1.32. The maximum absolute atomic E-state index is 5.69. The van der Waals surface area contributed by atoms with E-state index >= 15 is 0 Å². The molecule has 0 unspecified atom stereocenters. The van der Waals surface area contributed by atoms with Gasteiger partial charge in [-0.25, -0.2) is 4.98 Å². The molecule has 78 valence electrons. The lowest BCUT2D eigenvalue weighted by atomic mass is 10.2. The van der Waals surface area contributed by atoms with Gasteiger partial charge in [0.2, 0.25) is 0 Å². The summed E-state index contributed by atoms with van der Waals surface area (Å²) in [6.45, 7) is 2.75. The van der Waals surface area contributed by atoms with Gasteiger partial charge in [0.05, 0.1) is 5.69 Å². The summed E-state index contributed by atoms with van der Waals surface area (Å²) in [5, 5.41) is 6.24. The minimum Gasteiger partial charge on any atom is -0.399 e. The second-order valence-corrected chi connectivity index (χ2v) is 4.25. The molecule has 4 heteroatoms. The largest absolute Gasteiger partial charge is 0.399 e. The topological polar surface area (TPSA) is 50.9 Å². The fourth-order valence-corrected chi connectivity index (χ4v) is 2.00. The Labute approximate surface area is 93.0 Å². The first-order valence-corrected chi connectivity index (χ1v) is 5.62. The van der Waals surface area contributed by atoms with Crippen molar-refractivity contribution >= 4 is 22.2 Å². The highest BCUT2D eigenvalue weighted by molar-refractivity contribution is 7.13. The molecular weight excluding hydrogens is 206 g/mol. The summed E-state index contributed by atoms with van der Waals surface area (Å²) in [7, 11) is 0. The van der Waals surface area contributed by atoms with Crippen LogP contribution in [0.3, 0.4) is 0 Å². The molecule has 0 aliphatic carbocycles. The Morgan fingerprint density at radius 3 is 3.00 bits per heavy atom. The first kappa shape index (κ1) is 9.98. The van der Waals surface area contributed by atoms with Crippen LogP contribution in [0.2, 0.25) is 0 Å². The predicted molar refractivity (Wildman–Crippen MR) is 65.0 cm³/mol. The van der Waals surface area contributed by atoms with Gasteiger partial charge in [-0.1, -0.05) is 12.1 Å². The molecule has 1 heterocycles. The van der Waals surface area contributed by atoms with Gasteiger partial charge in [0, 0.05) is 17.6 Å². The molecule has 0 saturated carbocycles. The van der Waals surface area contributed by atoms with Gasteiger partial charge in [-0.15, -0.1) is 11.3 Å². The Balaban J connectivity index is 1.99. The molecule has 0 amide bonds. The van der Waals surface area contributed by atoms with Crippen LogP contribution in [0, 0.1) is 6.92 Å². The van der Waals surface area contributed by atoms with Crippen LogP contribution in [0.4, 0.5) is 10.8 Å². The van der Waals surface area contributed by atoms with Gasteiger partial charge in [-0.2, -0.15) is 0 Å². The number of nitrogens with zero attached hydrogens (tertiary/aromatic N) is 1. The average molecular weight is 219 g/mol. The molecule has 0 saturated heterocycles. The number of thiazole rings is 1. The molecule has 0 aliphatic heterocycles. The van der Waals surface area contributed by atoms with Crippen LogP contribution < -0.4 is 11.1 Å². The zero-order valence-corrected chi connectivity index (χ0v) is 9.34. The lowest BCUT2D eigenvalue weighted by Gasteiger charge is -2.03. The molecule has 0 bridgehead atoms. The van der Waals surface area contributed by atoms with Crippen molar-refractivity contribution in [3.63, 3.8) is 0 Å². The van der Waals surface area contributed by atoms with Gasteiger partial charge in [0.15, 0.2) is 5.13 Å². The molecule has 0 aliphatic rings. The molecular formula is C11H13N3S. The number of benzene rings is 1. The van der Waals surface area contributed by atoms with E-state index in [2.05, 4.69) is 10.3 Å². The predicted octanol–water partition coefficient (Wildman–Crippen LogP) is 2.65. The SMILES string of the molecule is Cc1csc(NCc2cccc(N)c2)n1. The molecule has 0 fully saturated rings. The highest BCUT2D eigenvalue weighted by atomic mass is 32.1. The van der Waals surface area contributed by atoms with Crippen molar-refractivity contribution in [2.75, 3.05) is 11.1 Å². The minimum atomic E-state index is 0.762. The van der Waals surface area contributed by atoms with Crippen molar-refractivity contribution in [2.45, 2.75) is 13.5 Å². The summed E-state index contributed by atoms with van der Waals surface area (Å²) >= 11 is 1.62. The molecule has 3 N–H and O–H groups in total. The molecule has 3 nitrogen and oxygen atoms in total. The monoisotopic (exact) mass is 219 g/mol. The summed E-state index contributed by atoms with van der Waals surface area (Å²) < 4.78 is 0. The number of hydrogen-bond donors (Lipinski definition) is 2. The van der Waals surface area contributed by atoms with Crippen molar-refractivity contribution in [3.05, 3.63) is 40.9 Å². The van der Waals surface area contributed by atoms with Gasteiger partial charge in [0.25, 0.3) is 0 Å². The molecule has 0 atom stereocenters. The molecule has 0 radical (unpaired) electrons. The van der Waals surface area contributed by atoms with Crippen LogP contribution >= 0.6 is 11.3 Å². The van der Waals surface area contributed by atoms with E-state index in [1.807, 2.05) is 36.6 Å². The maximum Gasteiger partial charge on any atom is 0.183 e. The number of nitrogen functional groups attached to an aromatic ring is 1. The van der Waals surface area contributed by atoms with E-state index in [1.54, 1.807) is 11.3 Å². The number of nitrogens with two attached hydrogens (primary N) is 1. The first-order chi connectivity index (χ1) is 7.24. The van der Waals surface area contributed by atoms with Gasteiger partial charge >= 0.3 is 0 Å². The Bertz CT molecular complexity index is 451. The third-order valence-corrected chi connectivity index (χ3v) is 2.93. The summed E-state index contributed by atoms with van der Waals surface area (Å²) in [5.74, 6) is 0. The van der Waals surface area contributed by atoms with E-state index < -0.39 is 0 Å². The quantitative estimate of drug-likeness (QED) is 0.780. The highest BCUT2D eigenvalue weighted by Gasteiger charge is 1.98. The van der Waals surface area contributed by atoms with E-state index in [1.165, 1.54) is 5.56 Å². The number of aryl methyl sites for hydroxylation is 1. The lowest BCUT2D eigenvalue weighted by molar-refractivity contribution is 1.12. The van der Waals surface area contributed by atoms with E-state index in [4.69, 9.17) is 5.73 Å². The van der Waals surface area contributed by atoms with Crippen molar-refractivity contribution in [1.29, 1.82) is 0 Å². The van der Waals surface area contributed by atoms with Crippen molar-refractivity contribution in [3.8, 4) is 0 Å². The first-order valence-electron chi connectivity index (χ1n) is 4.74. The Morgan fingerprint density at radius 1 is 1.47 bits per heavy atom. The van der Waals surface area contributed by atoms with Crippen molar-refractivity contribution in [1.82, 2.24) is 4.98 Å². The van der Waals surface area contributed by atoms with Crippen LogP contribution in [-0.2, 0) is 6.54 Å². The Morgan fingerprint density at radius 2 is 2.33 bits per heavy atom. The van der Waals surface area contributed by atoms with Gasteiger partial charge in [-0.05, 0) is 24.6 Å². The third kappa shape index (κ3) is 2.70. The molecule has 1 aromatic carbocycles. The van der Waals surface area contributed by atoms with E-state index in [0.717, 1.165) is 23.1 Å². The van der Waals surface area contributed by atoms with Crippen LogP contribution in [-0.4, -0.2) is 4.98 Å².